The fourth-order valence-corrected chi connectivity index (χ4v) is 3.19. The van der Waals surface area contributed by atoms with Crippen LogP contribution < -0.4 is 10.6 Å². The van der Waals surface area contributed by atoms with Gasteiger partial charge in [-0.1, -0.05) is 0 Å². The molecule has 2 aliphatic rings. The Labute approximate surface area is 115 Å². The van der Waals surface area contributed by atoms with Gasteiger partial charge < -0.3 is 15.5 Å². The van der Waals surface area contributed by atoms with E-state index >= 15 is 0 Å². The molecule has 2 saturated heterocycles. The minimum Gasteiger partial charge on any atom is -0.352 e. The molecule has 19 heavy (non-hydrogen) atoms. The maximum Gasteiger partial charge on any atom is 0.229 e. The summed E-state index contributed by atoms with van der Waals surface area (Å²) in [6, 6.07) is 0.121. The minimum atomic E-state index is -0.267. The van der Waals surface area contributed by atoms with E-state index in [-0.39, 0.29) is 23.3 Å². The molecule has 108 valence electrons. The maximum atomic E-state index is 12.7. The summed E-state index contributed by atoms with van der Waals surface area (Å²) in [5, 5.41) is 6.26. The summed E-state index contributed by atoms with van der Waals surface area (Å²) in [5.74, 6) is 0.236. The molecule has 2 heterocycles. The first-order valence-corrected chi connectivity index (χ1v) is 7.28. The van der Waals surface area contributed by atoms with Crippen LogP contribution >= 0.6 is 0 Å². The highest BCUT2D eigenvalue weighted by atomic mass is 16.2. The van der Waals surface area contributed by atoms with Crippen LogP contribution in [0.15, 0.2) is 0 Å². The fraction of sp³-hybridized carbons (Fsp3) is 0.857. The zero-order chi connectivity index (χ0) is 13.9. The average molecular weight is 267 g/mol. The van der Waals surface area contributed by atoms with Crippen molar-refractivity contribution in [3.63, 3.8) is 0 Å². The Morgan fingerprint density at radius 1 is 1.37 bits per heavy atom. The highest BCUT2D eigenvalue weighted by molar-refractivity contribution is 5.83. The van der Waals surface area contributed by atoms with Crippen molar-refractivity contribution in [3.8, 4) is 0 Å². The highest BCUT2D eigenvalue weighted by Gasteiger charge is 2.39. The number of rotatable bonds is 2. The lowest BCUT2D eigenvalue weighted by Gasteiger charge is -2.41. The van der Waals surface area contributed by atoms with E-state index in [0.717, 1.165) is 45.3 Å². The van der Waals surface area contributed by atoms with Crippen molar-refractivity contribution in [3.05, 3.63) is 0 Å². The summed E-state index contributed by atoms with van der Waals surface area (Å²) >= 11 is 0. The van der Waals surface area contributed by atoms with Gasteiger partial charge in [-0.2, -0.15) is 0 Å². The normalized spacial score (nSPS) is 31.9. The van der Waals surface area contributed by atoms with Gasteiger partial charge in [-0.15, -0.1) is 0 Å². The van der Waals surface area contributed by atoms with Crippen molar-refractivity contribution in [2.45, 2.75) is 45.6 Å². The van der Waals surface area contributed by atoms with Gasteiger partial charge in [0, 0.05) is 32.6 Å². The first-order valence-electron chi connectivity index (χ1n) is 7.28. The Morgan fingerprint density at radius 2 is 2.16 bits per heavy atom. The maximum absolute atomic E-state index is 12.7. The summed E-state index contributed by atoms with van der Waals surface area (Å²) in [4.78, 5) is 25.7. The van der Waals surface area contributed by atoms with Crippen LogP contribution in [0.2, 0.25) is 0 Å². The lowest BCUT2D eigenvalue weighted by molar-refractivity contribution is -0.144. The second-order valence-corrected chi connectivity index (χ2v) is 6.13. The molecule has 0 aliphatic carbocycles. The molecule has 2 amide bonds. The van der Waals surface area contributed by atoms with E-state index in [2.05, 4.69) is 17.6 Å². The number of piperidine rings is 2. The van der Waals surface area contributed by atoms with Crippen molar-refractivity contribution in [1.82, 2.24) is 15.5 Å². The standard InChI is InChI=1S/C14H25N3O2/c1-11(18)16-12-5-3-8-17(9-12)13(19)14(2)6-4-7-15-10-14/h12,15H,3-10H2,1-2H3,(H,16,18)/t12-,14+/m1/s1. The van der Waals surface area contributed by atoms with E-state index in [1.54, 1.807) is 0 Å². The van der Waals surface area contributed by atoms with Gasteiger partial charge in [0.2, 0.25) is 11.8 Å². The predicted octanol–water partition coefficient (Wildman–Crippen LogP) is 0.503. The van der Waals surface area contributed by atoms with Crippen molar-refractivity contribution in [1.29, 1.82) is 0 Å². The van der Waals surface area contributed by atoms with E-state index in [0.29, 0.717) is 6.54 Å². The van der Waals surface area contributed by atoms with Crippen molar-refractivity contribution < 1.29 is 9.59 Å². The van der Waals surface area contributed by atoms with E-state index in [9.17, 15) is 9.59 Å². The van der Waals surface area contributed by atoms with Crippen molar-refractivity contribution in [2.75, 3.05) is 26.2 Å². The number of nitrogens with zero attached hydrogens (tertiary/aromatic N) is 1. The van der Waals surface area contributed by atoms with E-state index in [1.165, 1.54) is 6.92 Å². The molecule has 2 atom stereocenters. The first kappa shape index (κ1) is 14.3. The van der Waals surface area contributed by atoms with Crippen LogP contribution in [0, 0.1) is 5.41 Å². The molecular weight excluding hydrogens is 242 g/mol. The molecule has 2 fully saturated rings. The van der Waals surface area contributed by atoms with Crippen LogP contribution in [0.5, 0.6) is 0 Å². The zero-order valence-corrected chi connectivity index (χ0v) is 12.0. The largest absolute Gasteiger partial charge is 0.352 e. The monoisotopic (exact) mass is 267 g/mol. The second-order valence-electron chi connectivity index (χ2n) is 6.13. The number of nitrogens with one attached hydrogen (secondary N) is 2. The van der Waals surface area contributed by atoms with E-state index in [4.69, 9.17) is 0 Å². The Hall–Kier alpha value is -1.10. The molecule has 0 saturated carbocycles. The molecule has 0 radical (unpaired) electrons. The molecule has 0 aromatic carbocycles. The Bertz CT molecular complexity index is 351. The Kier molecular flexibility index (Phi) is 4.45. The molecule has 0 unspecified atom stereocenters. The van der Waals surface area contributed by atoms with Crippen molar-refractivity contribution >= 4 is 11.8 Å². The number of carbonyl (C=O) groups excluding carboxylic acids is 2. The molecule has 0 aromatic heterocycles. The van der Waals surface area contributed by atoms with Gasteiger partial charge in [-0.05, 0) is 39.2 Å². The van der Waals surface area contributed by atoms with Gasteiger partial charge in [0.25, 0.3) is 0 Å². The molecule has 2 aliphatic heterocycles. The van der Waals surface area contributed by atoms with Crippen LogP contribution in [0.4, 0.5) is 0 Å². The third kappa shape index (κ3) is 3.47. The number of amides is 2. The zero-order valence-electron chi connectivity index (χ0n) is 12.0. The molecule has 0 bridgehead atoms. The molecular formula is C14H25N3O2. The Morgan fingerprint density at radius 3 is 2.79 bits per heavy atom. The summed E-state index contributed by atoms with van der Waals surface area (Å²) < 4.78 is 0. The van der Waals surface area contributed by atoms with E-state index < -0.39 is 0 Å². The summed E-state index contributed by atoms with van der Waals surface area (Å²) in [6.07, 6.45) is 3.96. The number of hydrogen-bond acceptors (Lipinski definition) is 3. The van der Waals surface area contributed by atoms with Gasteiger partial charge in [-0.25, -0.2) is 0 Å². The topological polar surface area (TPSA) is 61.4 Å². The van der Waals surface area contributed by atoms with Crippen LogP contribution in [0.25, 0.3) is 0 Å². The van der Waals surface area contributed by atoms with Crippen molar-refractivity contribution in [2.24, 2.45) is 5.41 Å². The Balaban J connectivity index is 1.96. The lowest BCUT2D eigenvalue weighted by atomic mass is 9.81. The summed E-state index contributed by atoms with van der Waals surface area (Å²) in [7, 11) is 0. The molecule has 2 rings (SSSR count). The quantitative estimate of drug-likeness (QED) is 0.766. The fourth-order valence-electron chi connectivity index (χ4n) is 3.19. The average Bonchev–Trinajstić information content (AvgIpc) is 2.38. The van der Waals surface area contributed by atoms with Crippen LogP contribution in [0.3, 0.4) is 0 Å². The minimum absolute atomic E-state index is 0.00940. The number of likely N-dealkylation sites (tertiary alicyclic amines) is 1. The summed E-state index contributed by atoms with van der Waals surface area (Å²) in [6.45, 7) is 6.86. The second kappa shape index (κ2) is 5.90. The molecule has 0 spiro atoms. The predicted molar refractivity (Wildman–Crippen MR) is 73.6 cm³/mol. The molecule has 5 heteroatoms. The summed E-state index contributed by atoms with van der Waals surface area (Å²) in [5.41, 5.74) is -0.267. The van der Waals surface area contributed by atoms with Crippen LogP contribution in [-0.2, 0) is 9.59 Å². The number of hydrogen-bond donors (Lipinski definition) is 2. The lowest BCUT2D eigenvalue weighted by Crippen LogP contribution is -2.55. The third-order valence-corrected chi connectivity index (χ3v) is 4.23. The third-order valence-electron chi connectivity index (χ3n) is 4.23. The smallest absolute Gasteiger partial charge is 0.229 e. The highest BCUT2D eigenvalue weighted by Crippen LogP contribution is 2.29. The van der Waals surface area contributed by atoms with E-state index in [1.807, 2.05) is 4.90 Å². The van der Waals surface area contributed by atoms with Gasteiger partial charge >= 0.3 is 0 Å². The van der Waals surface area contributed by atoms with Gasteiger partial charge in [0.1, 0.15) is 0 Å². The SMILES string of the molecule is CC(=O)N[C@@H]1CCCN(C(=O)[C@@]2(C)CCCNC2)C1. The van der Waals surface area contributed by atoms with Crippen LogP contribution in [0.1, 0.15) is 39.5 Å². The number of carbonyl (C=O) groups is 2. The van der Waals surface area contributed by atoms with Gasteiger partial charge in [0.05, 0.1) is 5.41 Å². The van der Waals surface area contributed by atoms with Gasteiger partial charge in [0.15, 0.2) is 0 Å². The van der Waals surface area contributed by atoms with Crippen LogP contribution in [-0.4, -0.2) is 48.9 Å². The van der Waals surface area contributed by atoms with Gasteiger partial charge in [-0.3, -0.25) is 9.59 Å². The molecule has 0 aromatic rings. The molecule has 2 N–H and O–H groups in total. The molecule has 5 nitrogen and oxygen atoms in total. The first-order chi connectivity index (χ1) is 9.01.